The number of ether oxygens (including phenoxy) is 1. The Morgan fingerprint density at radius 1 is 1.41 bits per heavy atom. The summed E-state index contributed by atoms with van der Waals surface area (Å²) in [4.78, 5) is 5.93. The van der Waals surface area contributed by atoms with E-state index in [4.69, 9.17) is 10.5 Å². The van der Waals surface area contributed by atoms with Crippen molar-refractivity contribution in [1.29, 1.82) is 0 Å². The molecule has 0 amide bonds. The maximum absolute atomic E-state index is 12.4. The largest absolute Gasteiger partial charge is 0.408 e. The Morgan fingerprint density at radius 2 is 2.06 bits per heavy atom. The van der Waals surface area contributed by atoms with Gasteiger partial charge in [-0.3, -0.25) is 0 Å². The maximum Gasteiger partial charge on any atom is 0.408 e. The summed E-state index contributed by atoms with van der Waals surface area (Å²) >= 11 is 0.989. The number of anilines is 1. The van der Waals surface area contributed by atoms with Gasteiger partial charge in [-0.15, -0.1) is 0 Å². The number of hydrogen-bond acceptors (Lipinski definition) is 5. The van der Waals surface area contributed by atoms with Gasteiger partial charge < -0.3 is 15.4 Å². The molecule has 1 fully saturated rings. The second kappa shape index (κ2) is 4.79. The van der Waals surface area contributed by atoms with E-state index in [2.05, 4.69) is 4.98 Å². The molecule has 0 aliphatic carbocycles. The molecule has 17 heavy (non-hydrogen) atoms. The van der Waals surface area contributed by atoms with Crippen molar-refractivity contribution in [3.05, 3.63) is 11.1 Å². The van der Waals surface area contributed by atoms with Crippen LogP contribution in [0, 0.1) is 0 Å². The Hall–Kier alpha value is -0.860. The highest BCUT2D eigenvalue weighted by Gasteiger charge is 2.39. The molecule has 8 heteroatoms. The summed E-state index contributed by atoms with van der Waals surface area (Å²) in [6, 6.07) is -1.95. The van der Waals surface area contributed by atoms with Crippen molar-refractivity contribution >= 4 is 16.5 Å². The number of alkyl halides is 3. The van der Waals surface area contributed by atoms with Crippen molar-refractivity contribution in [1.82, 2.24) is 4.98 Å². The van der Waals surface area contributed by atoms with E-state index < -0.39 is 12.2 Å². The van der Waals surface area contributed by atoms with Crippen LogP contribution in [0.5, 0.6) is 0 Å². The van der Waals surface area contributed by atoms with Crippen molar-refractivity contribution in [2.75, 3.05) is 31.2 Å². The van der Waals surface area contributed by atoms with Gasteiger partial charge in [0.1, 0.15) is 6.04 Å². The van der Waals surface area contributed by atoms with Gasteiger partial charge in [-0.05, 0) is 0 Å². The summed E-state index contributed by atoms with van der Waals surface area (Å²) in [6.45, 7) is 2.43. The first kappa shape index (κ1) is 12.6. The van der Waals surface area contributed by atoms with Crippen molar-refractivity contribution in [2.45, 2.75) is 12.2 Å². The molecule has 1 atom stereocenters. The summed E-state index contributed by atoms with van der Waals surface area (Å²) < 4.78 is 42.4. The standard InChI is InChI=1S/C9H12F3N3OS/c10-9(11,12)7(13)6-5-14-8(17-6)15-1-3-16-4-2-15/h5,7H,1-4,13H2. The first-order valence-electron chi connectivity index (χ1n) is 5.09. The van der Waals surface area contributed by atoms with Crippen molar-refractivity contribution in [2.24, 2.45) is 5.73 Å². The molecular weight excluding hydrogens is 255 g/mol. The zero-order valence-electron chi connectivity index (χ0n) is 8.91. The van der Waals surface area contributed by atoms with E-state index in [0.717, 1.165) is 11.3 Å². The van der Waals surface area contributed by atoms with Crippen LogP contribution in [-0.2, 0) is 4.74 Å². The summed E-state index contributed by atoms with van der Waals surface area (Å²) in [7, 11) is 0. The quantitative estimate of drug-likeness (QED) is 0.883. The molecule has 0 saturated carbocycles. The zero-order valence-corrected chi connectivity index (χ0v) is 9.72. The fourth-order valence-corrected chi connectivity index (χ4v) is 2.48. The van der Waals surface area contributed by atoms with Gasteiger partial charge in [-0.1, -0.05) is 11.3 Å². The lowest BCUT2D eigenvalue weighted by Crippen LogP contribution is -2.36. The van der Waals surface area contributed by atoms with Gasteiger partial charge in [-0.25, -0.2) is 4.98 Å². The minimum atomic E-state index is -4.42. The monoisotopic (exact) mass is 267 g/mol. The fraction of sp³-hybridized carbons (Fsp3) is 0.667. The molecular formula is C9H12F3N3OS. The number of rotatable bonds is 2. The molecule has 0 spiro atoms. The molecule has 2 N–H and O–H groups in total. The van der Waals surface area contributed by atoms with Gasteiger partial charge in [0.2, 0.25) is 0 Å². The Morgan fingerprint density at radius 3 is 2.65 bits per heavy atom. The number of hydrogen-bond donors (Lipinski definition) is 1. The molecule has 4 nitrogen and oxygen atoms in total. The van der Waals surface area contributed by atoms with Crippen LogP contribution < -0.4 is 10.6 Å². The summed E-state index contributed by atoms with van der Waals surface area (Å²) in [6.07, 6.45) is -3.22. The smallest absolute Gasteiger partial charge is 0.378 e. The number of aromatic nitrogens is 1. The van der Waals surface area contributed by atoms with Gasteiger partial charge >= 0.3 is 6.18 Å². The number of nitrogens with zero attached hydrogens (tertiary/aromatic N) is 2. The van der Waals surface area contributed by atoms with Gasteiger partial charge in [0.15, 0.2) is 5.13 Å². The normalized spacial score (nSPS) is 19.4. The van der Waals surface area contributed by atoms with Crippen LogP contribution in [0.1, 0.15) is 10.9 Å². The van der Waals surface area contributed by atoms with Crippen LogP contribution in [0.25, 0.3) is 0 Å². The molecule has 1 unspecified atom stereocenters. The van der Waals surface area contributed by atoms with Crippen molar-refractivity contribution in [3.63, 3.8) is 0 Å². The summed E-state index contributed by atoms with van der Waals surface area (Å²) in [5.74, 6) is 0. The average Bonchev–Trinajstić information content (AvgIpc) is 2.77. The lowest BCUT2D eigenvalue weighted by molar-refractivity contribution is -0.148. The minimum Gasteiger partial charge on any atom is -0.378 e. The van der Waals surface area contributed by atoms with Crippen LogP contribution in [-0.4, -0.2) is 37.5 Å². The first-order valence-corrected chi connectivity index (χ1v) is 5.91. The highest BCUT2D eigenvalue weighted by atomic mass is 32.1. The van der Waals surface area contributed by atoms with Crippen molar-refractivity contribution < 1.29 is 17.9 Å². The molecule has 1 saturated heterocycles. The van der Waals surface area contributed by atoms with E-state index in [1.54, 1.807) is 0 Å². The van der Waals surface area contributed by atoms with E-state index in [-0.39, 0.29) is 4.88 Å². The van der Waals surface area contributed by atoms with Crippen LogP contribution in [0.15, 0.2) is 6.20 Å². The topological polar surface area (TPSA) is 51.4 Å². The third kappa shape index (κ3) is 2.88. The van der Waals surface area contributed by atoms with Gasteiger partial charge in [0.05, 0.1) is 18.1 Å². The second-order valence-electron chi connectivity index (χ2n) is 3.66. The molecule has 1 aromatic rings. The molecule has 0 bridgehead atoms. The third-order valence-corrected chi connectivity index (χ3v) is 3.59. The van der Waals surface area contributed by atoms with Crippen LogP contribution in [0.4, 0.5) is 18.3 Å². The predicted molar refractivity (Wildman–Crippen MR) is 58.1 cm³/mol. The maximum atomic E-state index is 12.4. The lowest BCUT2D eigenvalue weighted by atomic mass is 10.3. The average molecular weight is 267 g/mol. The molecule has 0 radical (unpaired) electrons. The highest BCUT2D eigenvalue weighted by Crippen LogP contribution is 2.35. The Labute approximate surface area is 100 Å². The number of halogens is 3. The fourth-order valence-electron chi connectivity index (χ4n) is 1.48. The summed E-state index contributed by atoms with van der Waals surface area (Å²) in [5.41, 5.74) is 5.12. The van der Waals surface area contributed by atoms with E-state index >= 15 is 0 Å². The first-order chi connectivity index (χ1) is 7.98. The number of nitrogens with two attached hydrogens (primary N) is 1. The SMILES string of the molecule is NC(c1cnc(N2CCOCC2)s1)C(F)(F)F. The summed E-state index contributed by atoms with van der Waals surface area (Å²) in [5, 5.41) is 0.572. The highest BCUT2D eigenvalue weighted by molar-refractivity contribution is 7.15. The van der Waals surface area contributed by atoms with Crippen LogP contribution in [0.3, 0.4) is 0 Å². The Balaban J connectivity index is 2.10. The van der Waals surface area contributed by atoms with Crippen LogP contribution in [0.2, 0.25) is 0 Å². The van der Waals surface area contributed by atoms with Gasteiger partial charge in [0.25, 0.3) is 0 Å². The molecule has 2 rings (SSSR count). The Bertz CT molecular complexity index is 376. The van der Waals surface area contributed by atoms with E-state index in [1.165, 1.54) is 6.20 Å². The van der Waals surface area contributed by atoms with E-state index in [1.807, 2.05) is 4.90 Å². The molecule has 1 aromatic heterocycles. The lowest BCUT2D eigenvalue weighted by Gasteiger charge is -2.26. The van der Waals surface area contributed by atoms with E-state index in [0.29, 0.717) is 31.4 Å². The molecule has 0 aromatic carbocycles. The van der Waals surface area contributed by atoms with Gasteiger partial charge in [0, 0.05) is 19.3 Å². The molecule has 1 aliphatic rings. The Kier molecular flexibility index (Phi) is 3.55. The molecule has 2 heterocycles. The molecule has 96 valence electrons. The number of morpholine rings is 1. The molecule has 1 aliphatic heterocycles. The van der Waals surface area contributed by atoms with Crippen molar-refractivity contribution in [3.8, 4) is 0 Å². The van der Waals surface area contributed by atoms with E-state index in [9.17, 15) is 13.2 Å². The second-order valence-corrected chi connectivity index (χ2v) is 4.70. The zero-order chi connectivity index (χ0) is 12.5. The third-order valence-electron chi connectivity index (χ3n) is 2.45. The minimum absolute atomic E-state index is 0.0407. The van der Waals surface area contributed by atoms with Gasteiger partial charge in [-0.2, -0.15) is 13.2 Å². The predicted octanol–water partition coefficient (Wildman–Crippen LogP) is 1.54. The number of thiazole rings is 1. The van der Waals surface area contributed by atoms with Crippen LogP contribution >= 0.6 is 11.3 Å².